The van der Waals surface area contributed by atoms with Crippen LogP contribution in [0.1, 0.15) is 15.9 Å². The van der Waals surface area contributed by atoms with Crippen molar-refractivity contribution in [1.82, 2.24) is 0 Å². The summed E-state index contributed by atoms with van der Waals surface area (Å²) in [6, 6.07) is 5.36. The summed E-state index contributed by atoms with van der Waals surface area (Å²) in [4.78, 5) is 10.6. The Labute approximate surface area is 77.5 Å². The zero-order valence-electron chi connectivity index (χ0n) is 7.62. The van der Waals surface area contributed by atoms with Gasteiger partial charge < -0.3 is 10.5 Å². The molecule has 0 aromatic heterocycles. The molecule has 3 heteroatoms. The molecule has 1 aromatic rings. The lowest BCUT2D eigenvalue weighted by Gasteiger charge is -2.05. The van der Waals surface area contributed by atoms with E-state index in [0.29, 0.717) is 18.5 Å². The number of carbonyl (C=O) groups is 1. The van der Waals surface area contributed by atoms with Crippen molar-refractivity contribution in [2.75, 3.05) is 13.7 Å². The quantitative estimate of drug-likeness (QED) is 0.702. The predicted octanol–water partition coefficient (Wildman–Crippen LogP) is 1.01. The fraction of sp³-hybridized carbons (Fsp3) is 0.300. The molecule has 0 aliphatic heterocycles. The zero-order chi connectivity index (χ0) is 9.68. The summed E-state index contributed by atoms with van der Waals surface area (Å²) in [6.45, 7) is 0.536. The van der Waals surface area contributed by atoms with E-state index in [-0.39, 0.29) is 0 Å². The minimum absolute atomic E-state index is 0.536. The van der Waals surface area contributed by atoms with Crippen molar-refractivity contribution in [3.05, 3.63) is 29.3 Å². The van der Waals surface area contributed by atoms with Crippen LogP contribution in [0.5, 0.6) is 5.75 Å². The Hall–Kier alpha value is -1.35. The standard InChI is InChI=1S/C10H13NO2/c1-13-10-3-2-9(7-12)8(6-10)4-5-11/h2-3,6-7H,4-5,11H2,1H3. The van der Waals surface area contributed by atoms with Gasteiger partial charge in [0.2, 0.25) is 0 Å². The number of ether oxygens (including phenoxy) is 1. The highest BCUT2D eigenvalue weighted by Crippen LogP contribution is 2.16. The highest BCUT2D eigenvalue weighted by atomic mass is 16.5. The molecular formula is C10H13NO2. The third kappa shape index (κ3) is 2.29. The van der Waals surface area contributed by atoms with Crippen LogP contribution in [0.15, 0.2) is 18.2 Å². The van der Waals surface area contributed by atoms with Gasteiger partial charge in [0.25, 0.3) is 0 Å². The van der Waals surface area contributed by atoms with E-state index in [2.05, 4.69) is 0 Å². The number of carbonyl (C=O) groups excluding carboxylic acids is 1. The van der Waals surface area contributed by atoms with Crippen LogP contribution in [0.2, 0.25) is 0 Å². The molecule has 0 spiro atoms. The second-order valence-corrected chi connectivity index (χ2v) is 2.72. The number of nitrogens with two attached hydrogens (primary N) is 1. The molecule has 3 nitrogen and oxygen atoms in total. The molecule has 0 bridgehead atoms. The van der Waals surface area contributed by atoms with Gasteiger partial charge in [-0.2, -0.15) is 0 Å². The third-order valence-corrected chi connectivity index (χ3v) is 1.89. The summed E-state index contributed by atoms with van der Waals surface area (Å²) in [5, 5.41) is 0. The minimum Gasteiger partial charge on any atom is -0.497 e. The molecule has 0 radical (unpaired) electrons. The lowest BCUT2D eigenvalue weighted by atomic mass is 10.1. The molecule has 0 amide bonds. The number of hydrogen-bond acceptors (Lipinski definition) is 3. The van der Waals surface area contributed by atoms with Crippen molar-refractivity contribution in [2.24, 2.45) is 5.73 Å². The van der Waals surface area contributed by atoms with Crippen molar-refractivity contribution in [1.29, 1.82) is 0 Å². The summed E-state index contributed by atoms with van der Waals surface area (Å²) in [5.41, 5.74) is 7.05. The van der Waals surface area contributed by atoms with E-state index in [1.807, 2.05) is 6.07 Å². The molecule has 0 saturated carbocycles. The first-order chi connectivity index (χ1) is 6.31. The molecule has 1 aromatic carbocycles. The molecule has 13 heavy (non-hydrogen) atoms. The monoisotopic (exact) mass is 179 g/mol. The van der Waals surface area contributed by atoms with Crippen LogP contribution in [-0.2, 0) is 6.42 Å². The number of aldehydes is 1. The summed E-state index contributed by atoms with van der Waals surface area (Å²) >= 11 is 0. The zero-order valence-corrected chi connectivity index (χ0v) is 7.62. The maximum Gasteiger partial charge on any atom is 0.150 e. The maximum atomic E-state index is 10.6. The number of hydrogen-bond donors (Lipinski definition) is 1. The van der Waals surface area contributed by atoms with Gasteiger partial charge in [-0.25, -0.2) is 0 Å². The fourth-order valence-corrected chi connectivity index (χ4v) is 1.20. The van der Waals surface area contributed by atoms with E-state index in [1.165, 1.54) is 0 Å². The van der Waals surface area contributed by atoms with E-state index in [9.17, 15) is 4.79 Å². The average Bonchev–Trinajstić information content (AvgIpc) is 2.18. The smallest absolute Gasteiger partial charge is 0.150 e. The molecule has 70 valence electrons. The Bertz CT molecular complexity index is 297. The number of rotatable bonds is 4. The van der Waals surface area contributed by atoms with Gasteiger partial charge in [-0.15, -0.1) is 0 Å². The normalized spacial score (nSPS) is 9.69. The average molecular weight is 179 g/mol. The Morgan fingerprint density at radius 2 is 2.31 bits per heavy atom. The largest absolute Gasteiger partial charge is 0.497 e. The molecule has 0 unspecified atom stereocenters. The van der Waals surface area contributed by atoms with Crippen LogP contribution >= 0.6 is 0 Å². The van der Waals surface area contributed by atoms with Crippen molar-refractivity contribution >= 4 is 6.29 Å². The summed E-state index contributed by atoms with van der Waals surface area (Å²) < 4.78 is 5.04. The SMILES string of the molecule is COc1ccc(C=O)c(CCN)c1. The van der Waals surface area contributed by atoms with Crippen molar-refractivity contribution in [2.45, 2.75) is 6.42 Å². The lowest BCUT2D eigenvalue weighted by molar-refractivity contribution is 0.112. The van der Waals surface area contributed by atoms with E-state index in [1.54, 1.807) is 19.2 Å². The van der Waals surface area contributed by atoms with Crippen LogP contribution in [0.25, 0.3) is 0 Å². The molecule has 0 fully saturated rings. The van der Waals surface area contributed by atoms with Crippen molar-refractivity contribution in [3.63, 3.8) is 0 Å². The highest BCUT2D eigenvalue weighted by Gasteiger charge is 2.02. The van der Waals surface area contributed by atoms with E-state index >= 15 is 0 Å². The lowest BCUT2D eigenvalue weighted by Crippen LogP contribution is -2.05. The van der Waals surface area contributed by atoms with Gasteiger partial charge in [-0.3, -0.25) is 4.79 Å². The molecule has 0 heterocycles. The summed E-state index contributed by atoms with van der Waals surface area (Å²) in [5.74, 6) is 0.758. The molecule has 0 atom stereocenters. The second-order valence-electron chi connectivity index (χ2n) is 2.72. The third-order valence-electron chi connectivity index (χ3n) is 1.89. The first-order valence-electron chi connectivity index (χ1n) is 4.14. The van der Waals surface area contributed by atoms with Gasteiger partial charge in [-0.1, -0.05) is 0 Å². The van der Waals surface area contributed by atoms with Crippen LogP contribution in [-0.4, -0.2) is 19.9 Å². The second kappa shape index (κ2) is 4.62. The van der Waals surface area contributed by atoms with Crippen molar-refractivity contribution in [3.8, 4) is 5.75 Å². The van der Waals surface area contributed by atoms with Gasteiger partial charge in [-0.05, 0) is 36.7 Å². The maximum absolute atomic E-state index is 10.6. The first kappa shape index (κ1) is 9.74. The predicted molar refractivity (Wildman–Crippen MR) is 51.1 cm³/mol. The van der Waals surface area contributed by atoms with E-state index in [0.717, 1.165) is 17.6 Å². The Morgan fingerprint density at radius 1 is 1.54 bits per heavy atom. The molecule has 2 N–H and O–H groups in total. The number of benzene rings is 1. The van der Waals surface area contributed by atoms with E-state index in [4.69, 9.17) is 10.5 Å². The van der Waals surface area contributed by atoms with Gasteiger partial charge in [0.15, 0.2) is 0 Å². The summed E-state index contributed by atoms with van der Waals surface area (Å²) in [7, 11) is 1.60. The molecule has 0 saturated heterocycles. The molecule has 1 rings (SSSR count). The van der Waals surface area contributed by atoms with E-state index < -0.39 is 0 Å². The fourth-order valence-electron chi connectivity index (χ4n) is 1.20. The Kier molecular flexibility index (Phi) is 3.46. The van der Waals surface area contributed by atoms with Gasteiger partial charge >= 0.3 is 0 Å². The highest BCUT2D eigenvalue weighted by molar-refractivity contribution is 5.77. The van der Waals surface area contributed by atoms with Gasteiger partial charge in [0, 0.05) is 5.56 Å². The molecule has 0 aliphatic rings. The topological polar surface area (TPSA) is 52.3 Å². The Balaban J connectivity index is 3.02. The van der Waals surface area contributed by atoms with Gasteiger partial charge in [0.1, 0.15) is 12.0 Å². The summed E-state index contributed by atoms with van der Waals surface area (Å²) in [6.07, 6.45) is 1.54. The van der Waals surface area contributed by atoms with Crippen molar-refractivity contribution < 1.29 is 9.53 Å². The number of methoxy groups -OCH3 is 1. The van der Waals surface area contributed by atoms with Crippen LogP contribution in [0.3, 0.4) is 0 Å². The van der Waals surface area contributed by atoms with Crippen LogP contribution in [0, 0.1) is 0 Å². The molecular weight excluding hydrogens is 166 g/mol. The Morgan fingerprint density at radius 3 is 2.85 bits per heavy atom. The molecule has 0 aliphatic carbocycles. The minimum atomic E-state index is 0.536. The first-order valence-corrected chi connectivity index (χ1v) is 4.14. The van der Waals surface area contributed by atoms with Crippen LogP contribution in [0.4, 0.5) is 0 Å². The van der Waals surface area contributed by atoms with Gasteiger partial charge in [0.05, 0.1) is 7.11 Å². The van der Waals surface area contributed by atoms with Crippen LogP contribution < -0.4 is 10.5 Å².